The molecule has 4 aromatic rings. The van der Waals surface area contributed by atoms with E-state index in [1.165, 1.54) is 0 Å². The molecule has 0 bridgehead atoms. The topological polar surface area (TPSA) is 91.7 Å². The minimum absolute atomic E-state index is 0.0390. The monoisotopic (exact) mass is 487 g/mol. The van der Waals surface area contributed by atoms with Gasteiger partial charge in [0, 0.05) is 25.5 Å². The second kappa shape index (κ2) is 10.3. The lowest BCUT2D eigenvalue weighted by Crippen LogP contribution is -2.29. The Labute approximate surface area is 210 Å². The molecular weight excluding hydrogens is 454 g/mol. The van der Waals surface area contributed by atoms with Gasteiger partial charge in [-0.2, -0.15) is 0 Å². The first-order valence-electron chi connectivity index (χ1n) is 12.1. The normalized spacial score (nSPS) is 11.2. The van der Waals surface area contributed by atoms with E-state index >= 15 is 0 Å². The molecule has 0 aliphatic rings. The second-order valence-electron chi connectivity index (χ2n) is 9.35. The number of amides is 1. The molecule has 1 amide bonds. The van der Waals surface area contributed by atoms with Crippen LogP contribution in [-0.2, 0) is 6.54 Å². The first kappa shape index (κ1) is 25.0. The zero-order valence-corrected chi connectivity index (χ0v) is 21.7. The van der Waals surface area contributed by atoms with Gasteiger partial charge in [0.05, 0.1) is 29.9 Å². The van der Waals surface area contributed by atoms with Crippen molar-refractivity contribution in [3.8, 4) is 16.9 Å². The minimum Gasteiger partial charge on any atom is -0.493 e. The van der Waals surface area contributed by atoms with Crippen LogP contribution in [0, 0.1) is 6.92 Å². The Balaban J connectivity index is 1.76. The number of aryl methyl sites for hydroxylation is 1. The van der Waals surface area contributed by atoms with Crippen molar-refractivity contribution in [2.75, 3.05) is 25.6 Å². The maximum absolute atomic E-state index is 13.5. The second-order valence-corrected chi connectivity index (χ2v) is 9.35. The van der Waals surface area contributed by atoms with Crippen LogP contribution in [0.3, 0.4) is 0 Å². The molecule has 0 saturated heterocycles. The Morgan fingerprint density at radius 2 is 1.94 bits per heavy atom. The van der Waals surface area contributed by atoms with E-state index in [4.69, 9.17) is 4.74 Å². The highest BCUT2D eigenvalue weighted by atomic mass is 16.5. The maximum Gasteiger partial charge on any atom is 0.268 e. The van der Waals surface area contributed by atoms with Crippen LogP contribution in [0.25, 0.3) is 16.6 Å². The first-order chi connectivity index (χ1) is 17.2. The molecule has 3 heterocycles. The van der Waals surface area contributed by atoms with E-state index in [1.54, 1.807) is 19.3 Å². The van der Waals surface area contributed by atoms with E-state index in [0.717, 1.165) is 28.0 Å². The zero-order chi connectivity index (χ0) is 26.0. The highest BCUT2D eigenvalue weighted by molar-refractivity contribution is 5.95. The zero-order valence-electron chi connectivity index (χ0n) is 21.7. The van der Waals surface area contributed by atoms with Gasteiger partial charge in [-0.05, 0) is 61.2 Å². The van der Waals surface area contributed by atoms with Crippen molar-refractivity contribution in [3.63, 3.8) is 0 Å². The fraction of sp³-hybridized carbons (Fsp3) is 0.321. The van der Waals surface area contributed by atoms with Crippen molar-refractivity contribution >= 4 is 17.1 Å². The van der Waals surface area contributed by atoms with Crippen molar-refractivity contribution in [1.82, 2.24) is 19.7 Å². The van der Waals surface area contributed by atoms with Crippen molar-refractivity contribution in [2.45, 2.75) is 40.2 Å². The fourth-order valence-electron chi connectivity index (χ4n) is 4.26. The van der Waals surface area contributed by atoms with Crippen LogP contribution >= 0.6 is 0 Å². The molecule has 0 saturated carbocycles. The van der Waals surface area contributed by atoms with Crippen LogP contribution < -0.4 is 20.5 Å². The standard InChI is InChI=1S/C28H33N5O3/c1-7-36-25-11-18(4)31-27(34)22(25)15-29-28(35)24-14-20(19-9-8-10-21(12-19)32(5)6)13-23-26(17(2)3)30-16-33(23)24/h8-14,16-17H,7,15H2,1-6H3,(H,29,35)(H,31,34). The van der Waals surface area contributed by atoms with Gasteiger partial charge in [-0.3, -0.25) is 14.0 Å². The Bertz CT molecular complexity index is 1470. The van der Waals surface area contributed by atoms with Crippen LogP contribution in [0.5, 0.6) is 5.75 Å². The third-order valence-electron chi connectivity index (χ3n) is 6.11. The largest absolute Gasteiger partial charge is 0.493 e. The van der Waals surface area contributed by atoms with Gasteiger partial charge in [0.25, 0.3) is 11.5 Å². The van der Waals surface area contributed by atoms with Gasteiger partial charge in [0.2, 0.25) is 0 Å². The molecule has 4 rings (SSSR count). The molecule has 0 radical (unpaired) electrons. The van der Waals surface area contributed by atoms with Gasteiger partial charge in [-0.1, -0.05) is 26.0 Å². The minimum atomic E-state index is -0.305. The summed E-state index contributed by atoms with van der Waals surface area (Å²) >= 11 is 0. The number of aromatic amines is 1. The number of rotatable bonds is 8. The third-order valence-corrected chi connectivity index (χ3v) is 6.11. The van der Waals surface area contributed by atoms with Crippen LogP contribution in [0.15, 0.2) is 53.6 Å². The molecule has 0 fully saturated rings. The summed E-state index contributed by atoms with van der Waals surface area (Å²) in [5, 5.41) is 2.92. The summed E-state index contributed by atoms with van der Waals surface area (Å²) in [6, 6.07) is 13.9. The van der Waals surface area contributed by atoms with E-state index in [-0.39, 0.29) is 23.9 Å². The molecule has 8 heteroatoms. The highest BCUT2D eigenvalue weighted by Gasteiger charge is 2.19. The predicted molar refractivity (Wildman–Crippen MR) is 143 cm³/mol. The van der Waals surface area contributed by atoms with E-state index in [2.05, 4.69) is 41.3 Å². The van der Waals surface area contributed by atoms with Crippen LogP contribution in [0.2, 0.25) is 0 Å². The summed E-state index contributed by atoms with van der Waals surface area (Å²) in [6.45, 7) is 8.28. The van der Waals surface area contributed by atoms with Gasteiger partial charge >= 0.3 is 0 Å². The molecule has 0 aliphatic heterocycles. The Hall–Kier alpha value is -4.07. The molecule has 2 N–H and O–H groups in total. The van der Waals surface area contributed by atoms with E-state index in [9.17, 15) is 9.59 Å². The number of pyridine rings is 2. The number of imidazole rings is 1. The van der Waals surface area contributed by atoms with Gasteiger partial charge in [-0.25, -0.2) is 4.98 Å². The van der Waals surface area contributed by atoms with E-state index in [0.29, 0.717) is 29.3 Å². The number of nitrogens with one attached hydrogen (secondary N) is 2. The molecule has 188 valence electrons. The average Bonchev–Trinajstić information content (AvgIpc) is 3.27. The van der Waals surface area contributed by atoms with Crippen LogP contribution in [0.1, 0.15) is 54.1 Å². The predicted octanol–water partition coefficient (Wildman–Crippen LogP) is 4.52. The summed E-state index contributed by atoms with van der Waals surface area (Å²) in [6.07, 6.45) is 1.68. The lowest BCUT2D eigenvalue weighted by atomic mass is 10.0. The first-order valence-corrected chi connectivity index (χ1v) is 12.1. The average molecular weight is 488 g/mol. The third kappa shape index (κ3) is 4.98. The number of hydrogen-bond donors (Lipinski definition) is 2. The SMILES string of the molecule is CCOc1cc(C)[nH]c(=O)c1CNC(=O)c1cc(-c2cccc(N(C)C)c2)cc2c(C(C)C)ncn12. The van der Waals surface area contributed by atoms with E-state index < -0.39 is 0 Å². The number of anilines is 1. The molecular formula is C28H33N5O3. The number of hydrogen-bond acceptors (Lipinski definition) is 5. The summed E-state index contributed by atoms with van der Waals surface area (Å²) in [5.41, 5.74) is 6.04. The number of aromatic nitrogens is 3. The molecule has 0 aliphatic carbocycles. The van der Waals surface area contributed by atoms with Crippen LogP contribution in [-0.4, -0.2) is 41.0 Å². The number of ether oxygens (including phenoxy) is 1. The molecule has 8 nitrogen and oxygen atoms in total. The number of benzene rings is 1. The van der Waals surface area contributed by atoms with Gasteiger partial charge < -0.3 is 19.9 Å². The van der Waals surface area contributed by atoms with Crippen LogP contribution in [0.4, 0.5) is 5.69 Å². The molecule has 1 aromatic carbocycles. The van der Waals surface area contributed by atoms with Crippen molar-refractivity contribution in [3.05, 3.63) is 81.8 Å². The Morgan fingerprint density at radius 3 is 2.64 bits per heavy atom. The molecule has 0 atom stereocenters. The van der Waals surface area contributed by atoms with Gasteiger partial charge in [0.15, 0.2) is 0 Å². The molecule has 36 heavy (non-hydrogen) atoms. The molecule has 0 spiro atoms. The lowest BCUT2D eigenvalue weighted by Gasteiger charge is -2.15. The quantitative estimate of drug-likeness (QED) is 0.381. The lowest BCUT2D eigenvalue weighted by molar-refractivity contribution is 0.0944. The number of fused-ring (bicyclic) bond motifs is 1. The van der Waals surface area contributed by atoms with Gasteiger partial charge in [-0.15, -0.1) is 0 Å². The smallest absolute Gasteiger partial charge is 0.268 e. The number of H-pyrrole nitrogens is 1. The van der Waals surface area contributed by atoms with Crippen molar-refractivity contribution < 1.29 is 9.53 Å². The molecule has 0 unspecified atom stereocenters. The number of carbonyl (C=O) groups is 1. The molecule has 3 aromatic heterocycles. The summed E-state index contributed by atoms with van der Waals surface area (Å²) < 4.78 is 7.47. The Kier molecular flexibility index (Phi) is 7.15. The number of nitrogens with zero attached hydrogens (tertiary/aromatic N) is 3. The number of carbonyl (C=O) groups excluding carboxylic acids is 1. The summed E-state index contributed by atoms with van der Waals surface area (Å²) in [5.74, 6) is 0.359. The maximum atomic E-state index is 13.5. The van der Waals surface area contributed by atoms with Gasteiger partial charge in [0.1, 0.15) is 17.8 Å². The van der Waals surface area contributed by atoms with Crippen molar-refractivity contribution in [1.29, 1.82) is 0 Å². The van der Waals surface area contributed by atoms with E-state index in [1.807, 2.05) is 54.6 Å². The summed E-state index contributed by atoms with van der Waals surface area (Å²) in [7, 11) is 4.00. The summed E-state index contributed by atoms with van der Waals surface area (Å²) in [4.78, 5) is 35.5. The Morgan fingerprint density at radius 1 is 1.17 bits per heavy atom. The highest BCUT2D eigenvalue weighted by Crippen LogP contribution is 2.29. The van der Waals surface area contributed by atoms with Crippen molar-refractivity contribution in [2.24, 2.45) is 0 Å². The fourth-order valence-corrected chi connectivity index (χ4v) is 4.26.